The Kier molecular flexibility index (Phi) is 4.19. The molecule has 1 aromatic heterocycles. The van der Waals surface area contributed by atoms with E-state index in [2.05, 4.69) is 4.98 Å². The quantitative estimate of drug-likeness (QED) is 0.870. The number of carbonyl (C=O) groups is 1. The molecule has 1 aromatic carbocycles. The second-order valence-electron chi connectivity index (χ2n) is 3.89. The van der Waals surface area contributed by atoms with E-state index in [-0.39, 0.29) is 17.2 Å². The fourth-order valence-corrected chi connectivity index (χ4v) is 3.50. The highest BCUT2D eigenvalue weighted by molar-refractivity contribution is 7.93. The van der Waals surface area contributed by atoms with E-state index in [1.807, 2.05) is 4.72 Å². The van der Waals surface area contributed by atoms with E-state index < -0.39 is 32.5 Å². The topological polar surface area (TPSA) is 96.4 Å². The number of anilines is 1. The first-order valence-corrected chi connectivity index (χ1v) is 7.78. The summed E-state index contributed by atoms with van der Waals surface area (Å²) in [6.45, 7) is 0. The number of hydrogen-bond acceptors (Lipinski definition) is 5. The van der Waals surface area contributed by atoms with Crippen LogP contribution in [0.5, 0.6) is 0 Å². The molecule has 0 unspecified atom stereocenters. The molecule has 2 N–H and O–H groups in total. The molecule has 0 aliphatic heterocycles. The van der Waals surface area contributed by atoms with Crippen LogP contribution in [0.2, 0.25) is 0 Å². The summed E-state index contributed by atoms with van der Waals surface area (Å²) in [5.41, 5.74) is 0.157. The molecule has 0 fully saturated rings. The molecule has 112 valence electrons. The molecule has 10 heteroatoms. The van der Waals surface area contributed by atoms with E-state index in [0.29, 0.717) is 12.1 Å². The predicted molar refractivity (Wildman–Crippen MR) is 70.6 cm³/mol. The zero-order valence-corrected chi connectivity index (χ0v) is 11.8. The third-order valence-electron chi connectivity index (χ3n) is 2.29. The van der Waals surface area contributed by atoms with Crippen molar-refractivity contribution >= 4 is 32.5 Å². The summed E-state index contributed by atoms with van der Waals surface area (Å²) in [6.07, 6.45) is -0.368. The van der Waals surface area contributed by atoms with Gasteiger partial charge in [0.2, 0.25) is 0 Å². The van der Waals surface area contributed by atoms with E-state index in [0.717, 1.165) is 17.4 Å². The molecule has 2 aromatic rings. The number of nitrogens with zero attached hydrogens (tertiary/aromatic N) is 1. The smallest absolute Gasteiger partial charge is 0.309 e. The first-order chi connectivity index (χ1) is 9.78. The highest BCUT2D eigenvalue weighted by atomic mass is 32.2. The zero-order valence-electron chi connectivity index (χ0n) is 10.2. The van der Waals surface area contributed by atoms with Gasteiger partial charge in [-0.3, -0.25) is 9.52 Å². The summed E-state index contributed by atoms with van der Waals surface area (Å²) in [5, 5.41) is 9.81. The molecule has 0 saturated heterocycles. The van der Waals surface area contributed by atoms with Crippen LogP contribution in [0.3, 0.4) is 0 Å². The number of aliphatic carboxylic acids is 1. The Balaban J connectivity index is 2.27. The van der Waals surface area contributed by atoms with Crippen LogP contribution in [0.1, 0.15) is 5.69 Å². The Morgan fingerprint density at radius 3 is 2.76 bits per heavy atom. The molecule has 0 bridgehead atoms. The minimum absolute atomic E-state index is 0.130. The highest BCUT2D eigenvalue weighted by Gasteiger charge is 2.21. The zero-order chi connectivity index (χ0) is 15.6. The average molecular weight is 334 g/mol. The van der Waals surface area contributed by atoms with Gasteiger partial charge in [0.05, 0.1) is 12.1 Å². The number of halogens is 2. The molecule has 0 aliphatic rings. The average Bonchev–Trinajstić information content (AvgIpc) is 2.77. The minimum Gasteiger partial charge on any atom is -0.481 e. The lowest BCUT2D eigenvalue weighted by Crippen LogP contribution is -2.15. The van der Waals surface area contributed by atoms with Crippen molar-refractivity contribution in [2.45, 2.75) is 11.3 Å². The Labute approximate surface area is 122 Å². The van der Waals surface area contributed by atoms with Crippen molar-refractivity contribution in [1.82, 2.24) is 4.98 Å². The lowest BCUT2D eigenvalue weighted by Gasteiger charge is -2.06. The second kappa shape index (κ2) is 5.74. The molecular weight excluding hydrogens is 326 g/mol. The van der Waals surface area contributed by atoms with Crippen molar-refractivity contribution in [3.8, 4) is 0 Å². The Bertz CT molecular complexity index is 789. The Morgan fingerprint density at radius 1 is 1.38 bits per heavy atom. The van der Waals surface area contributed by atoms with Crippen LogP contribution in [0.4, 0.5) is 13.9 Å². The highest BCUT2D eigenvalue weighted by Crippen LogP contribution is 2.22. The molecule has 0 amide bonds. The van der Waals surface area contributed by atoms with Gasteiger partial charge in [-0.05, 0) is 18.2 Å². The summed E-state index contributed by atoms with van der Waals surface area (Å²) in [5.74, 6) is -3.13. The van der Waals surface area contributed by atoms with Crippen LogP contribution in [0.25, 0.3) is 0 Å². The lowest BCUT2D eigenvalue weighted by molar-refractivity contribution is -0.136. The fourth-order valence-electron chi connectivity index (χ4n) is 1.44. The lowest BCUT2D eigenvalue weighted by atomic mass is 10.3. The van der Waals surface area contributed by atoms with Crippen LogP contribution in [-0.2, 0) is 21.2 Å². The molecule has 0 aliphatic carbocycles. The molecule has 21 heavy (non-hydrogen) atoms. The number of sulfonamides is 1. The largest absolute Gasteiger partial charge is 0.481 e. The van der Waals surface area contributed by atoms with Crippen molar-refractivity contribution < 1.29 is 27.1 Å². The summed E-state index contributed by atoms with van der Waals surface area (Å²) in [6, 6.07) is 2.04. The van der Waals surface area contributed by atoms with Gasteiger partial charge in [-0.1, -0.05) is 0 Å². The van der Waals surface area contributed by atoms with Crippen LogP contribution in [-0.4, -0.2) is 24.5 Å². The van der Waals surface area contributed by atoms with Crippen LogP contribution >= 0.6 is 11.3 Å². The van der Waals surface area contributed by atoms with E-state index in [9.17, 15) is 22.0 Å². The number of carboxylic acids is 1. The number of benzene rings is 1. The maximum Gasteiger partial charge on any atom is 0.309 e. The molecule has 0 radical (unpaired) electrons. The molecule has 2 rings (SSSR count). The van der Waals surface area contributed by atoms with Gasteiger partial charge in [-0.25, -0.2) is 22.2 Å². The molecular formula is C11H8F2N2O4S2. The minimum atomic E-state index is -4.35. The van der Waals surface area contributed by atoms with Crippen molar-refractivity contribution in [1.29, 1.82) is 0 Å². The number of carboxylic acid groups (broad SMARTS) is 1. The molecule has 0 atom stereocenters. The first kappa shape index (κ1) is 15.3. The van der Waals surface area contributed by atoms with Gasteiger partial charge in [0.25, 0.3) is 10.0 Å². The van der Waals surface area contributed by atoms with E-state index in [4.69, 9.17) is 5.11 Å². The summed E-state index contributed by atoms with van der Waals surface area (Å²) >= 11 is 0.842. The van der Waals surface area contributed by atoms with Gasteiger partial charge >= 0.3 is 5.97 Å². The monoisotopic (exact) mass is 334 g/mol. The molecule has 6 nitrogen and oxygen atoms in total. The van der Waals surface area contributed by atoms with Gasteiger partial charge in [-0.15, -0.1) is 11.3 Å². The summed E-state index contributed by atoms with van der Waals surface area (Å²) in [7, 11) is -4.35. The SMILES string of the molecule is O=C(O)Cc1csc(NS(=O)(=O)c2cc(F)ccc2F)n1. The van der Waals surface area contributed by atoms with E-state index >= 15 is 0 Å². The number of aromatic nitrogens is 1. The van der Waals surface area contributed by atoms with E-state index in [1.165, 1.54) is 5.38 Å². The Morgan fingerprint density at radius 2 is 2.10 bits per heavy atom. The Hall–Kier alpha value is -2.07. The third-order valence-corrected chi connectivity index (χ3v) is 4.58. The van der Waals surface area contributed by atoms with Gasteiger partial charge in [0, 0.05) is 5.38 Å². The predicted octanol–water partition coefficient (Wildman–Crippen LogP) is 1.85. The van der Waals surface area contributed by atoms with Crippen molar-refractivity contribution in [2.24, 2.45) is 0 Å². The fraction of sp³-hybridized carbons (Fsp3) is 0.0909. The van der Waals surface area contributed by atoms with Crippen molar-refractivity contribution in [2.75, 3.05) is 4.72 Å². The van der Waals surface area contributed by atoms with Gasteiger partial charge in [-0.2, -0.15) is 0 Å². The first-order valence-electron chi connectivity index (χ1n) is 5.42. The molecule has 0 spiro atoms. The maximum absolute atomic E-state index is 13.5. The molecule has 1 heterocycles. The van der Waals surface area contributed by atoms with Crippen LogP contribution < -0.4 is 4.72 Å². The maximum atomic E-state index is 13.5. The van der Waals surface area contributed by atoms with Gasteiger partial charge in [0.1, 0.15) is 16.5 Å². The van der Waals surface area contributed by atoms with Crippen molar-refractivity contribution in [3.05, 3.63) is 40.9 Å². The normalized spacial score (nSPS) is 11.3. The molecule has 0 saturated carbocycles. The van der Waals surface area contributed by atoms with Crippen LogP contribution in [0, 0.1) is 11.6 Å². The second-order valence-corrected chi connectivity index (χ2v) is 6.40. The standard InChI is InChI=1S/C11H8F2N2O4S2/c12-6-1-2-8(13)9(3-6)21(18,19)15-11-14-7(5-20-11)4-10(16)17/h1-3,5H,4H2,(H,14,15)(H,16,17). The van der Waals surface area contributed by atoms with Crippen molar-refractivity contribution in [3.63, 3.8) is 0 Å². The third kappa shape index (κ3) is 3.73. The number of thiazole rings is 1. The summed E-state index contributed by atoms with van der Waals surface area (Å²) in [4.78, 5) is 13.4. The number of hydrogen-bond donors (Lipinski definition) is 2. The van der Waals surface area contributed by atoms with Crippen LogP contribution in [0.15, 0.2) is 28.5 Å². The number of nitrogens with one attached hydrogen (secondary N) is 1. The number of rotatable bonds is 5. The van der Waals surface area contributed by atoms with E-state index in [1.54, 1.807) is 0 Å². The summed E-state index contributed by atoms with van der Waals surface area (Å²) < 4.78 is 52.3. The van der Waals surface area contributed by atoms with Gasteiger partial charge in [0.15, 0.2) is 5.13 Å². The van der Waals surface area contributed by atoms with Gasteiger partial charge < -0.3 is 5.11 Å².